The molecule has 0 aliphatic carbocycles. The maximum Gasteiger partial charge on any atom is 0.220 e. The molecule has 6 heteroatoms. The van der Waals surface area contributed by atoms with Crippen molar-refractivity contribution in [1.82, 2.24) is 20.5 Å². The second-order valence-corrected chi connectivity index (χ2v) is 4.42. The van der Waals surface area contributed by atoms with E-state index < -0.39 is 0 Å². The minimum Gasteiger partial charge on any atom is -0.356 e. The van der Waals surface area contributed by atoms with Gasteiger partial charge in [-0.25, -0.2) is 4.98 Å². The van der Waals surface area contributed by atoms with Gasteiger partial charge in [-0.2, -0.15) is 5.10 Å². The maximum absolute atomic E-state index is 11.6. The second-order valence-electron chi connectivity index (χ2n) is 4.42. The van der Waals surface area contributed by atoms with Gasteiger partial charge in [0.2, 0.25) is 5.91 Å². The van der Waals surface area contributed by atoms with Gasteiger partial charge < -0.3 is 11.1 Å². The zero-order chi connectivity index (χ0) is 13.2. The van der Waals surface area contributed by atoms with Crippen LogP contribution in [-0.2, 0) is 11.2 Å². The Morgan fingerprint density at radius 1 is 1.56 bits per heavy atom. The van der Waals surface area contributed by atoms with E-state index in [1.165, 1.54) is 6.33 Å². The van der Waals surface area contributed by atoms with Crippen LogP contribution in [0.15, 0.2) is 6.33 Å². The number of H-pyrrole nitrogens is 1. The van der Waals surface area contributed by atoms with Crippen molar-refractivity contribution in [2.75, 3.05) is 13.1 Å². The molecule has 18 heavy (non-hydrogen) atoms. The fourth-order valence-electron chi connectivity index (χ4n) is 1.88. The third-order valence-electron chi connectivity index (χ3n) is 3.08. The van der Waals surface area contributed by atoms with E-state index in [4.69, 9.17) is 5.73 Å². The van der Waals surface area contributed by atoms with Crippen molar-refractivity contribution >= 4 is 5.91 Å². The van der Waals surface area contributed by atoms with Gasteiger partial charge in [0.25, 0.3) is 0 Å². The van der Waals surface area contributed by atoms with Crippen LogP contribution < -0.4 is 11.1 Å². The highest BCUT2D eigenvalue weighted by Gasteiger charge is 2.08. The van der Waals surface area contributed by atoms with Gasteiger partial charge in [-0.3, -0.25) is 9.89 Å². The van der Waals surface area contributed by atoms with E-state index in [-0.39, 0.29) is 5.91 Å². The van der Waals surface area contributed by atoms with Crippen molar-refractivity contribution in [2.45, 2.75) is 39.0 Å². The third-order valence-corrected chi connectivity index (χ3v) is 3.08. The van der Waals surface area contributed by atoms with Gasteiger partial charge in [0.15, 0.2) is 0 Å². The number of carbonyl (C=O) groups excluding carboxylic acids is 1. The first kappa shape index (κ1) is 14.6. The Labute approximate surface area is 108 Å². The normalized spacial score (nSPS) is 12.3. The largest absolute Gasteiger partial charge is 0.356 e. The summed E-state index contributed by atoms with van der Waals surface area (Å²) in [6, 6.07) is 0. The zero-order valence-electron chi connectivity index (χ0n) is 11.0. The van der Waals surface area contributed by atoms with Crippen molar-refractivity contribution in [3.8, 4) is 0 Å². The standard InChI is InChI=1S/C12H23N5O/c1-2-10(5-7-13)3-4-12(18)14-8-6-11-15-9-16-17-11/h9-10H,2-8,13H2,1H3,(H,14,18)(H,15,16,17). The monoisotopic (exact) mass is 253 g/mol. The first-order valence-corrected chi connectivity index (χ1v) is 6.57. The molecule has 1 amide bonds. The molecule has 1 aromatic rings. The van der Waals surface area contributed by atoms with Crippen LogP contribution in [0.5, 0.6) is 0 Å². The molecule has 0 fully saturated rings. The van der Waals surface area contributed by atoms with Gasteiger partial charge in [-0.15, -0.1) is 0 Å². The second kappa shape index (κ2) is 8.63. The molecule has 0 aromatic carbocycles. The summed E-state index contributed by atoms with van der Waals surface area (Å²) >= 11 is 0. The molecule has 1 unspecified atom stereocenters. The average Bonchev–Trinajstić information content (AvgIpc) is 2.87. The Balaban J connectivity index is 2.09. The number of hydrogen-bond acceptors (Lipinski definition) is 4. The summed E-state index contributed by atoms with van der Waals surface area (Å²) in [5.41, 5.74) is 5.53. The number of rotatable bonds is 9. The molecule has 1 heterocycles. The molecular weight excluding hydrogens is 230 g/mol. The van der Waals surface area contributed by atoms with Crippen LogP contribution in [0.3, 0.4) is 0 Å². The third kappa shape index (κ3) is 5.77. The Morgan fingerprint density at radius 2 is 2.39 bits per heavy atom. The van der Waals surface area contributed by atoms with E-state index in [1.807, 2.05) is 0 Å². The van der Waals surface area contributed by atoms with Crippen molar-refractivity contribution in [3.63, 3.8) is 0 Å². The minimum atomic E-state index is 0.102. The van der Waals surface area contributed by atoms with Crippen LogP contribution >= 0.6 is 0 Å². The molecule has 102 valence electrons. The van der Waals surface area contributed by atoms with Gasteiger partial charge in [0.05, 0.1) is 0 Å². The molecule has 0 aliphatic rings. The predicted octanol–water partition coefficient (Wildman–Crippen LogP) is 0.619. The number of aromatic nitrogens is 3. The molecule has 0 aliphatic heterocycles. The molecule has 0 radical (unpaired) electrons. The van der Waals surface area contributed by atoms with Gasteiger partial charge in [-0.05, 0) is 25.3 Å². The minimum absolute atomic E-state index is 0.102. The maximum atomic E-state index is 11.6. The Kier molecular flexibility index (Phi) is 7.01. The first-order chi connectivity index (χ1) is 8.76. The van der Waals surface area contributed by atoms with Gasteiger partial charge >= 0.3 is 0 Å². The predicted molar refractivity (Wildman–Crippen MR) is 69.8 cm³/mol. The smallest absolute Gasteiger partial charge is 0.220 e. The summed E-state index contributed by atoms with van der Waals surface area (Å²) in [5.74, 6) is 1.46. The van der Waals surface area contributed by atoms with E-state index in [0.717, 1.165) is 25.1 Å². The summed E-state index contributed by atoms with van der Waals surface area (Å²) in [5, 5.41) is 9.40. The molecule has 6 nitrogen and oxygen atoms in total. The number of aromatic amines is 1. The molecular formula is C12H23N5O. The molecule has 4 N–H and O–H groups in total. The molecule has 0 bridgehead atoms. The topological polar surface area (TPSA) is 96.7 Å². The highest BCUT2D eigenvalue weighted by Crippen LogP contribution is 2.14. The van der Waals surface area contributed by atoms with Gasteiger partial charge in [0.1, 0.15) is 12.2 Å². The van der Waals surface area contributed by atoms with Crippen LogP contribution in [0.2, 0.25) is 0 Å². The van der Waals surface area contributed by atoms with E-state index in [2.05, 4.69) is 27.4 Å². The summed E-state index contributed by atoms with van der Waals surface area (Å²) in [7, 11) is 0. The lowest BCUT2D eigenvalue weighted by Gasteiger charge is -2.12. The SMILES string of the molecule is CCC(CCN)CCC(=O)NCCc1ncn[nH]1. The summed E-state index contributed by atoms with van der Waals surface area (Å²) < 4.78 is 0. The van der Waals surface area contributed by atoms with E-state index in [0.29, 0.717) is 31.8 Å². The van der Waals surface area contributed by atoms with Crippen LogP contribution in [0, 0.1) is 5.92 Å². The number of nitrogens with one attached hydrogen (secondary N) is 2. The highest BCUT2D eigenvalue weighted by atomic mass is 16.1. The van der Waals surface area contributed by atoms with Crippen molar-refractivity contribution in [3.05, 3.63) is 12.2 Å². The lowest BCUT2D eigenvalue weighted by atomic mass is 9.96. The Morgan fingerprint density at radius 3 is 3.00 bits per heavy atom. The summed E-state index contributed by atoms with van der Waals surface area (Å²) in [4.78, 5) is 15.6. The molecule has 0 saturated heterocycles. The zero-order valence-corrected chi connectivity index (χ0v) is 11.0. The van der Waals surface area contributed by atoms with Crippen molar-refractivity contribution in [2.24, 2.45) is 11.7 Å². The van der Waals surface area contributed by atoms with Gasteiger partial charge in [0, 0.05) is 19.4 Å². The lowest BCUT2D eigenvalue weighted by molar-refractivity contribution is -0.121. The fraction of sp³-hybridized carbons (Fsp3) is 0.750. The van der Waals surface area contributed by atoms with Gasteiger partial charge in [-0.1, -0.05) is 13.3 Å². The number of nitrogens with two attached hydrogens (primary N) is 1. The van der Waals surface area contributed by atoms with Crippen LogP contribution in [0.1, 0.15) is 38.4 Å². The quantitative estimate of drug-likeness (QED) is 0.601. The Bertz CT molecular complexity index is 325. The fourth-order valence-corrected chi connectivity index (χ4v) is 1.88. The average molecular weight is 253 g/mol. The van der Waals surface area contributed by atoms with Crippen molar-refractivity contribution in [1.29, 1.82) is 0 Å². The van der Waals surface area contributed by atoms with E-state index >= 15 is 0 Å². The van der Waals surface area contributed by atoms with Crippen LogP contribution in [0.4, 0.5) is 0 Å². The number of hydrogen-bond donors (Lipinski definition) is 3. The molecule has 0 saturated carbocycles. The molecule has 1 rings (SSSR count). The lowest BCUT2D eigenvalue weighted by Crippen LogP contribution is -2.26. The summed E-state index contributed by atoms with van der Waals surface area (Å²) in [6.45, 7) is 3.44. The Hall–Kier alpha value is -1.43. The number of carbonyl (C=O) groups is 1. The molecule has 1 aromatic heterocycles. The van der Waals surface area contributed by atoms with Crippen LogP contribution in [-0.4, -0.2) is 34.2 Å². The van der Waals surface area contributed by atoms with Crippen LogP contribution in [0.25, 0.3) is 0 Å². The molecule has 0 spiro atoms. The first-order valence-electron chi connectivity index (χ1n) is 6.57. The summed E-state index contributed by atoms with van der Waals surface area (Å²) in [6.07, 6.45) is 5.74. The highest BCUT2D eigenvalue weighted by molar-refractivity contribution is 5.75. The number of amides is 1. The van der Waals surface area contributed by atoms with E-state index in [1.54, 1.807) is 0 Å². The van der Waals surface area contributed by atoms with Crippen molar-refractivity contribution < 1.29 is 4.79 Å². The van der Waals surface area contributed by atoms with E-state index in [9.17, 15) is 4.79 Å². The molecule has 1 atom stereocenters. The number of nitrogens with zero attached hydrogens (tertiary/aromatic N) is 2.